The van der Waals surface area contributed by atoms with E-state index in [-0.39, 0.29) is 85.3 Å². The van der Waals surface area contributed by atoms with E-state index in [0.717, 1.165) is 42.1 Å². The van der Waals surface area contributed by atoms with Crippen molar-refractivity contribution in [1.29, 1.82) is 0 Å². The highest BCUT2D eigenvalue weighted by atomic mass is 19.4. The number of imide groups is 1. The average molecular weight is 950 g/mol. The standard InChI is InChI=1S/C46H49F6N11O5/c47-33-23-59(16-14-35(33)67-19-2-4-27-3-1-5-30-39(31-12-13-38(64)56-44(31)65)58-63(41(27)30)29-10-11-29)22-26-6-8-28(9-7-26)62-24-34(40(57-62)42(48)49)54-45(66)32-21-53-61-17-15-37(55-43(32)61)60-18-20-68-36(25-60)46(50,51)52/h1,3,5,15,17,21,24,26,28-29,31,33,35-36,42H,6-14,16,18-20,22-23,25H2,(H,54,66)(H,56,64,65)/t26-,28-,31?,33-,35+,36?/m0/s1. The number of halogens is 6. The molecule has 3 aliphatic heterocycles. The van der Waals surface area contributed by atoms with Gasteiger partial charge in [-0.1, -0.05) is 24.0 Å². The summed E-state index contributed by atoms with van der Waals surface area (Å²) in [4.78, 5) is 46.0. The predicted molar refractivity (Wildman–Crippen MR) is 233 cm³/mol. The second kappa shape index (κ2) is 18.8. The molecule has 2 aliphatic carbocycles. The lowest BCUT2D eigenvalue weighted by molar-refractivity contribution is -0.221. The summed E-state index contributed by atoms with van der Waals surface area (Å²) >= 11 is 0. The number of piperidine rings is 2. The number of aromatic nitrogens is 7. The molecule has 0 radical (unpaired) electrons. The van der Waals surface area contributed by atoms with Gasteiger partial charge in [0.25, 0.3) is 12.3 Å². The van der Waals surface area contributed by atoms with Crippen molar-refractivity contribution >= 4 is 45.8 Å². The highest BCUT2D eigenvalue weighted by Crippen LogP contribution is 2.41. The number of nitrogens with zero attached hydrogens (tertiary/aromatic N) is 9. The topological polar surface area (TPSA) is 166 Å². The van der Waals surface area contributed by atoms with Crippen molar-refractivity contribution in [2.45, 2.75) is 107 Å². The van der Waals surface area contributed by atoms with E-state index in [1.807, 2.05) is 22.9 Å². The summed E-state index contributed by atoms with van der Waals surface area (Å²) in [5, 5.41) is 19.0. The van der Waals surface area contributed by atoms with Crippen LogP contribution in [0.5, 0.6) is 0 Å². The largest absolute Gasteiger partial charge is 0.416 e. The molecule has 2 N–H and O–H groups in total. The van der Waals surface area contributed by atoms with Gasteiger partial charge < -0.3 is 19.7 Å². The first-order valence-electron chi connectivity index (χ1n) is 23.0. The minimum absolute atomic E-state index is 0.0351. The normalized spacial score (nSPS) is 25.2. The average Bonchev–Trinajstić information content (AvgIpc) is 3.74. The van der Waals surface area contributed by atoms with Crippen LogP contribution in [-0.2, 0) is 19.1 Å². The van der Waals surface area contributed by atoms with Gasteiger partial charge in [-0.25, -0.2) is 22.7 Å². The van der Waals surface area contributed by atoms with Crippen molar-refractivity contribution < 1.29 is 50.2 Å². The van der Waals surface area contributed by atoms with E-state index in [2.05, 4.69) is 42.6 Å². The first-order valence-corrected chi connectivity index (χ1v) is 23.0. The van der Waals surface area contributed by atoms with Gasteiger partial charge in [-0.3, -0.25) is 34.0 Å². The van der Waals surface area contributed by atoms with Crippen LogP contribution in [0, 0.1) is 17.8 Å². The molecule has 5 fully saturated rings. The molecular formula is C46H49F6N11O5. The molecule has 2 saturated carbocycles. The molecule has 2 unspecified atom stereocenters. The summed E-state index contributed by atoms with van der Waals surface area (Å²) in [5.41, 5.74) is 1.45. The number of carbonyl (C=O) groups is 3. The number of fused-ring (bicyclic) bond motifs is 2. The van der Waals surface area contributed by atoms with Gasteiger partial charge in [0.05, 0.1) is 65.9 Å². The zero-order valence-electron chi connectivity index (χ0n) is 36.8. The van der Waals surface area contributed by atoms with Crippen LogP contribution in [0.25, 0.3) is 16.6 Å². The highest BCUT2D eigenvalue weighted by Gasteiger charge is 2.44. The third-order valence-electron chi connectivity index (χ3n) is 13.7. The van der Waals surface area contributed by atoms with E-state index in [9.17, 15) is 36.3 Å². The quantitative estimate of drug-likeness (QED) is 0.0868. The Labute approximate surface area is 385 Å². The lowest BCUT2D eigenvalue weighted by Gasteiger charge is -2.38. The van der Waals surface area contributed by atoms with Crippen molar-refractivity contribution in [2.24, 2.45) is 5.92 Å². The summed E-state index contributed by atoms with van der Waals surface area (Å²) in [5.74, 6) is 4.79. The van der Waals surface area contributed by atoms with Gasteiger partial charge in [0.15, 0.2) is 17.4 Å². The number of hydrogen-bond donors (Lipinski definition) is 2. The second-order valence-electron chi connectivity index (χ2n) is 18.3. The SMILES string of the molecule is O=C1CCC(c2nn(C3CC3)c3c(C#CCO[C@@H]4CCN(C[C@H]5CC[C@H](n6cc(NC(=O)c7cnn8ccc(N9CCOC(C(F)(F)F)C9)nc78)c(C(F)F)n6)CC5)C[C@@H]4F)cccc23)C(=O)N1. The van der Waals surface area contributed by atoms with Crippen molar-refractivity contribution in [2.75, 3.05) is 56.2 Å². The number of carbonyl (C=O) groups excluding carboxylic acids is 3. The molecule has 10 rings (SSSR count). The predicted octanol–water partition coefficient (Wildman–Crippen LogP) is 6.30. The highest BCUT2D eigenvalue weighted by molar-refractivity contribution is 6.08. The van der Waals surface area contributed by atoms with Gasteiger partial charge in [0, 0.05) is 50.4 Å². The second-order valence-corrected chi connectivity index (χ2v) is 18.3. The Bertz CT molecular complexity index is 2770. The third-order valence-corrected chi connectivity index (χ3v) is 13.7. The molecule has 0 spiro atoms. The number of morpholine rings is 1. The van der Waals surface area contributed by atoms with Crippen LogP contribution in [0.2, 0.25) is 0 Å². The Hall–Kier alpha value is -6.05. The molecule has 3 saturated heterocycles. The number of likely N-dealkylation sites (tertiary alicyclic amines) is 1. The Morgan fingerprint density at radius 1 is 1.00 bits per heavy atom. The number of hydrogen-bond acceptors (Lipinski definition) is 11. The summed E-state index contributed by atoms with van der Waals surface area (Å²) in [6.45, 7) is 1.08. The first kappa shape index (κ1) is 45.7. The molecule has 4 atom stereocenters. The van der Waals surface area contributed by atoms with Crippen LogP contribution in [0.3, 0.4) is 0 Å². The number of ether oxygens (including phenoxy) is 2. The van der Waals surface area contributed by atoms with E-state index in [0.29, 0.717) is 44.5 Å². The van der Waals surface area contributed by atoms with Crippen molar-refractivity contribution in [3.05, 3.63) is 65.4 Å². The van der Waals surface area contributed by atoms with Crippen LogP contribution in [0.15, 0.2) is 42.9 Å². The monoisotopic (exact) mass is 949 g/mol. The molecule has 5 aromatic rings. The lowest BCUT2D eigenvalue weighted by Crippen LogP contribution is -2.49. The first-order chi connectivity index (χ1) is 32.8. The summed E-state index contributed by atoms with van der Waals surface area (Å²) < 4.78 is 99.8. The van der Waals surface area contributed by atoms with Gasteiger partial charge in [0.2, 0.25) is 11.8 Å². The van der Waals surface area contributed by atoms with E-state index in [4.69, 9.17) is 14.6 Å². The summed E-state index contributed by atoms with van der Waals surface area (Å²) in [6, 6.07) is 7.20. The van der Waals surface area contributed by atoms with Crippen LogP contribution in [0.1, 0.15) is 110 Å². The van der Waals surface area contributed by atoms with Crippen LogP contribution in [-0.4, -0.2) is 127 Å². The fraction of sp³-hybridized carbons (Fsp3) is 0.543. The minimum Gasteiger partial charge on any atom is -0.365 e. The smallest absolute Gasteiger partial charge is 0.365 e. The number of para-hydroxylation sites is 1. The Morgan fingerprint density at radius 3 is 2.56 bits per heavy atom. The number of anilines is 2. The molecule has 16 nitrogen and oxygen atoms in total. The molecule has 4 aromatic heterocycles. The zero-order chi connectivity index (χ0) is 47.3. The van der Waals surface area contributed by atoms with Gasteiger partial charge >= 0.3 is 6.18 Å². The van der Waals surface area contributed by atoms with Crippen LogP contribution >= 0.6 is 0 Å². The minimum atomic E-state index is -4.57. The zero-order valence-corrected chi connectivity index (χ0v) is 36.8. The Kier molecular flexibility index (Phi) is 12.6. The molecule has 3 amide bonds. The lowest BCUT2D eigenvalue weighted by atomic mass is 9.85. The molecule has 7 heterocycles. The van der Waals surface area contributed by atoms with Gasteiger partial charge in [0.1, 0.15) is 24.2 Å². The van der Waals surface area contributed by atoms with Gasteiger partial charge in [-0.15, -0.1) is 0 Å². The summed E-state index contributed by atoms with van der Waals surface area (Å²) in [6.07, 6.45) is -1.38. The van der Waals surface area contributed by atoms with Crippen molar-refractivity contribution in [1.82, 2.24) is 44.4 Å². The van der Waals surface area contributed by atoms with E-state index in [1.165, 1.54) is 38.8 Å². The van der Waals surface area contributed by atoms with E-state index in [1.54, 1.807) is 0 Å². The molecule has 5 aliphatic rings. The fourth-order valence-electron chi connectivity index (χ4n) is 9.94. The van der Waals surface area contributed by atoms with Crippen molar-refractivity contribution in [3.8, 4) is 11.8 Å². The molecule has 0 bridgehead atoms. The number of amides is 3. The van der Waals surface area contributed by atoms with Gasteiger partial charge in [-0.2, -0.15) is 28.5 Å². The fourth-order valence-corrected chi connectivity index (χ4v) is 9.94. The molecule has 1 aromatic carbocycles. The van der Waals surface area contributed by atoms with Crippen LogP contribution < -0.4 is 15.5 Å². The van der Waals surface area contributed by atoms with E-state index < -0.39 is 55.0 Å². The summed E-state index contributed by atoms with van der Waals surface area (Å²) in [7, 11) is 0. The number of alkyl halides is 6. The van der Waals surface area contributed by atoms with Gasteiger partial charge in [-0.05, 0) is 69.4 Å². The molecule has 68 heavy (non-hydrogen) atoms. The maximum Gasteiger partial charge on any atom is 0.416 e. The number of rotatable bonds is 11. The maximum atomic E-state index is 15.6. The van der Waals surface area contributed by atoms with Crippen LogP contribution in [0.4, 0.5) is 37.8 Å². The molecule has 22 heteroatoms. The molecule has 360 valence electrons. The molecular weight excluding hydrogens is 901 g/mol. The van der Waals surface area contributed by atoms with Crippen molar-refractivity contribution in [3.63, 3.8) is 0 Å². The maximum absolute atomic E-state index is 15.6. The third kappa shape index (κ3) is 9.52. The Morgan fingerprint density at radius 2 is 1.81 bits per heavy atom. The number of benzene rings is 1. The number of nitrogens with one attached hydrogen (secondary N) is 2. The Balaban J connectivity index is 0.713. The van der Waals surface area contributed by atoms with E-state index >= 15 is 4.39 Å².